The largest absolute Gasteiger partial charge is 0.399 e. The number of aromatic nitrogens is 3. The number of carbonyl (C=O) groups is 1. The van der Waals surface area contributed by atoms with E-state index in [1.54, 1.807) is 32.3 Å². The van der Waals surface area contributed by atoms with E-state index in [2.05, 4.69) is 10.2 Å². The van der Waals surface area contributed by atoms with Gasteiger partial charge in [-0.15, -0.1) is 5.10 Å². The first-order valence-corrected chi connectivity index (χ1v) is 7.20. The molecule has 0 saturated carbocycles. The summed E-state index contributed by atoms with van der Waals surface area (Å²) in [5.41, 5.74) is 6.60. The van der Waals surface area contributed by atoms with Crippen molar-refractivity contribution in [3.05, 3.63) is 34.2 Å². The number of H-pyrrole nitrogens is 1. The van der Waals surface area contributed by atoms with Crippen LogP contribution in [0.5, 0.6) is 0 Å². The Bertz CT molecular complexity index is 720. The average Bonchev–Trinajstić information content (AvgIpc) is 2.78. The van der Waals surface area contributed by atoms with Crippen LogP contribution < -0.4 is 11.4 Å². The number of hydrogen-bond acceptors (Lipinski definition) is 5. The number of rotatable bonds is 4. The van der Waals surface area contributed by atoms with Crippen LogP contribution in [0.15, 0.2) is 33.0 Å². The number of benzene rings is 1. The van der Waals surface area contributed by atoms with Gasteiger partial charge in [-0.2, -0.15) is 0 Å². The molecule has 2 aromatic rings. The molecule has 8 heteroatoms. The lowest BCUT2D eigenvalue weighted by atomic mass is 10.2. The molecule has 0 radical (unpaired) electrons. The van der Waals surface area contributed by atoms with Gasteiger partial charge in [-0.3, -0.25) is 9.36 Å². The molecule has 0 bridgehead atoms. The lowest BCUT2D eigenvalue weighted by Gasteiger charge is -2.14. The molecule has 0 aliphatic heterocycles. The molecule has 1 aromatic heterocycles. The minimum absolute atomic E-state index is 0.126. The van der Waals surface area contributed by atoms with E-state index in [4.69, 9.17) is 5.73 Å². The maximum atomic E-state index is 12.2. The van der Waals surface area contributed by atoms with Crippen LogP contribution in [0.1, 0.15) is 17.3 Å². The second-order valence-corrected chi connectivity index (χ2v) is 5.62. The molecule has 1 amide bonds. The SMILES string of the molecule is CCn1c(Sc2cc(N)ccc2C(=O)N(C)C)n[nH]c1=O. The van der Waals surface area contributed by atoms with Crippen molar-refractivity contribution in [1.29, 1.82) is 0 Å². The third-order valence-electron chi connectivity index (χ3n) is 2.88. The van der Waals surface area contributed by atoms with Crippen LogP contribution >= 0.6 is 11.8 Å². The molecule has 1 heterocycles. The van der Waals surface area contributed by atoms with E-state index in [9.17, 15) is 9.59 Å². The van der Waals surface area contributed by atoms with Gasteiger partial charge in [-0.05, 0) is 36.9 Å². The minimum atomic E-state index is -0.274. The molecule has 0 atom stereocenters. The molecule has 2 rings (SSSR count). The van der Waals surface area contributed by atoms with Gasteiger partial charge < -0.3 is 10.6 Å². The van der Waals surface area contributed by atoms with Crippen molar-refractivity contribution in [3.63, 3.8) is 0 Å². The topological polar surface area (TPSA) is 97.0 Å². The first-order chi connectivity index (χ1) is 9.93. The molecule has 7 nitrogen and oxygen atoms in total. The maximum absolute atomic E-state index is 12.2. The van der Waals surface area contributed by atoms with Crippen LogP contribution in [0.4, 0.5) is 5.69 Å². The molecular formula is C13H17N5O2S. The summed E-state index contributed by atoms with van der Waals surface area (Å²) in [5.74, 6) is -0.126. The van der Waals surface area contributed by atoms with Crippen LogP contribution in [0, 0.1) is 0 Å². The molecule has 1 aromatic carbocycles. The molecule has 112 valence electrons. The highest BCUT2D eigenvalue weighted by Crippen LogP contribution is 2.30. The highest BCUT2D eigenvalue weighted by atomic mass is 32.2. The van der Waals surface area contributed by atoms with Gasteiger partial charge in [0.25, 0.3) is 5.91 Å². The van der Waals surface area contributed by atoms with Gasteiger partial charge in [0, 0.05) is 31.2 Å². The first-order valence-electron chi connectivity index (χ1n) is 6.38. The summed E-state index contributed by atoms with van der Waals surface area (Å²) in [6.07, 6.45) is 0. The maximum Gasteiger partial charge on any atom is 0.343 e. The Morgan fingerprint density at radius 3 is 2.81 bits per heavy atom. The van der Waals surface area contributed by atoms with Gasteiger partial charge >= 0.3 is 5.69 Å². The van der Waals surface area contributed by atoms with Crippen molar-refractivity contribution in [2.45, 2.75) is 23.5 Å². The quantitative estimate of drug-likeness (QED) is 0.822. The number of nitrogens with zero attached hydrogens (tertiary/aromatic N) is 3. The zero-order valence-electron chi connectivity index (χ0n) is 12.1. The van der Waals surface area contributed by atoms with E-state index >= 15 is 0 Å². The highest BCUT2D eigenvalue weighted by molar-refractivity contribution is 7.99. The molecule has 21 heavy (non-hydrogen) atoms. The minimum Gasteiger partial charge on any atom is -0.399 e. The van der Waals surface area contributed by atoms with E-state index in [1.165, 1.54) is 21.2 Å². The number of amides is 1. The van der Waals surface area contributed by atoms with Gasteiger partial charge in [0.05, 0.1) is 5.56 Å². The Balaban J connectivity index is 2.45. The number of aromatic amines is 1. The van der Waals surface area contributed by atoms with Crippen molar-refractivity contribution < 1.29 is 4.79 Å². The summed E-state index contributed by atoms with van der Waals surface area (Å²) in [7, 11) is 3.37. The van der Waals surface area contributed by atoms with E-state index < -0.39 is 0 Å². The first kappa shape index (κ1) is 15.2. The number of nitrogens with one attached hydrogen (secondary N) is 1. The number of carbonyl (C=O) groups excluding carboxylic acids is 1. The molecular weight excluding hydrogens is 290 g/mol. The van der Waals surface area contributed by atoms with E-state index in [0.29, 0.717) is 27.8 Å². The van der Waals surface area contributed by atoms with Crippen LogP contribution in [0.2, 0.25) is 0 Å². The fourth-order valence-electron chi connectivity index (χ4n) is 1.80. The van der Waals surface area contributed by atoms with Crippen LogP contribution in [-0.2, 0) is 6.54 Å². The van der Waals surface area contributed by atoms with Crippen molar-refractivity contribution in [3.8, 4) is 0 Å². The van der Waals surface area contributed by atoms with Gasteiger partial charge in [0.15, 0.2) is 5.16 Å². The second-order valence-electron chi connectivity index (χ2n) is 4.61. The molecule has 0 unspecified atom stereocenters. The van der Waals surface area contributed by atoms with Gasteiger partial charge in [-0.25, -0.2) is 9.89 Å². The number of hydrogen-bond donors (Lipinski definition) is 2. The molecule has 3 N–H and O–H groups in total. The standard InChI is InChI=1S/C13H17N5O2S/c1-4-18-12(20)15-16-13(18)21-10-7-8(14)5-6-9(10)11(19)17(2)3/h5-7H,4,14H2,1-3H3,(H,15,20). The van der Waals surface area contributed by atoms with Gasteiger partial charge in [0.2, 0.25) is 0 Å². The predicted molar refractivity (Wildman–Crippen MR) is 81.5 cm³/mol. The fourth-order valence-corrected chi connectivity index (χ4v) is 2.87. The monoisotopic (exact) mass is 307 g/mol. The number of anilines is 1. The number of nitrogen functional groups attached to an aromatic ring is 1. The Morgan fingerprint density at radius 2 is 2.19 bits per heavy atom. The average molecular weight is 307 g/mol. The van der Waals surface area contributed by atoms with E-state index in [1.807, 2.05) is 6.92 Å². The Morgan fingerprint density at radius 1 is 1.48 bits per heavy atom. The normalized spacial score (nSPS) is 10.6. The zero-order valence-corrected chi connectivity index (χ0v) is 12.9. The fraction of sp³-hybridized carbons (Fsp3) is 0.308. The van der Waals surface area contributed by atoms with Crippen LogP contribution in [-0.4, -0.2) is 39.7 Å². The van der Waals surface area contributed by atoms with Crippen LogP contribution in [0.3, 0.4) is 0 Å². The van der Waals surface area contributed by atoms with E-state index in [-0.39, 0.29) is 11.6 Å². The molecule has 0 fully saturated rings. The zero-order chi connectivity index (χ0) is 15.6. The lowest BCUT2D eigenvalue weighted by Crippen LogP contribution is -2.22. The van der Waals surface area contributed by atoms with Crippen molar-refractivity contribution in [2.24, 2.45) is 0 Å². The molecule has 0 aliphatic rings. The van der Waals surface area contributed by atoms with Crippen molar-refractivity contribution in [1.82, 2.24) is 19.7 Å². The van der Waals surface area contributed by atoms with Crippen molar-refractivity contribution in [2.75, 3.05) is 19.8 Å². The molecule has 0 spiro atoms. The third kappa shape index (κ3) is 3.10. The van der Waals surface area contributed by atoms with Crippen LogP contribution in [0.25, 0.3) is 0 Å². The lowest BCUT2D eigenvalue weighted by molar-refractivity contribution is 0.0824. The molecule has 0 saturated heterocycles. The summed E-state index contributed by atoms with van der Waals surface area (Å²) in [4.78, 5) is 26.0. The molecule has 0 aliphatic carbocycles. The Kier molecular flexibility index (Phi) is 4.37. The second kappa shape index (κ2) is 6.04. The van der Waals surface area contributed by atoms with E-state index in [0.717, 1.165) is 0 Å². The van der Waals surface area contributed by atoms with Crippen molar-refractivity contribution >= 4 is 23.4 Å². The van der Waals surface area contributed by atoms with Gasteiger partial charge in [-0.1, -0.05) is 0 Å². The summed E-state index contributed by atoms with van der Waals surface area (Å²) < 4.78 is 1.50. The summed E-state index contributed by atoms with van der Waals surface area (Å²) in [5, 5.41) is 6.88. The summed E-state index contributed by atoms with van der Waals surface area (Å²) >= 11 is 1.24. The summed E-state index contributed by atoms with van der Waals surface area (Å²) in [6.45, 7) is 2.35. The summed E-state index contributed by atoms with van der Waals surface area (Å²) in [6, 6.07) is 5.07. The number of nitrogens with two attached hydrogens (primary N) is 1. The third-order valence-corrected chi connectivity index (χ3v) is 3.93. The smallest absolute Gasteiger partial charge is 0.343 e. The van der Waals surface area contributed by atoms with Gasteiger partial charge in [0.1, 0.15) is 0 Å². The Labute approximate surface area is 126 Å². The Hall–Kier alpha value is -2.22. The highest BCUT2D eigenvalue weighted by Gasteiger charge is 2.17. The predicted octanol–water partition coefficient (Wildman–Crippen LogP) is 1.03.